The van der Waals surface area contributed by atoms with Gasteiger partial charge in [-0.05, 0) is 19.7 Å². The summed E-state index contributed by atoms with van der Waals surface area (Å²) in [7, 11) is 0. The van der Waals surface area contributed by atoms with E-state index in [1.807, 2.05) is 13.8 Å². The fourth-order valence-electron chi connectivity index (χ4n) is 0.480. The zero-order valence-electron chi connectivity index (χ0n) is 5.10. The van der Waals surface area contributed by atoms with Gasteiger partial charge in [0.2, 0.25) is 0 Å². The van der Waals surface area contributed by atoms with Crippen LogP contribution in [-0.4, -0.2) is 18.3 Å². The van der Waals surface area contributed by atoms with Gasteiger partial charge in [-0.2, -0.15) is 4.99 Å². The second-order valence-corrected chi connectivity index (χ2v) is 1.87. The summed E-state index contributed by atoms with van der Waals surface area (Å²) in [5.41, 5.74) is 1.11. The number of nitrogens with zero attached hydrogens (tertiary/aromatic N) is 2. The predicted octanol–water partition coefficient (Wildman–Crippen LogP) is 1.03. The van der Waals surface area contributed by atoms with Crippen molar-refractivity contribution >= 4 is 11.7 Å². The smallest absolute Gasteiger partial charge is 0.130 e. The van der Waals surface area contributed by atoms with E-state index in [0.29, 0.717) is 0 Å². The minimum Gasteiger partial charge on any atom is -0.265 e. The summed E-state index contributed by atoms with van der Waals surface area (Å²) < 4.78 is 0. The second-order valence-electron chi connectivity index (χ2n) is 1.87. The zero-order valence-corrected chi connectivity index (χ0v) is 5.10. The van der Waals surface area contributed by atoms with Gasteiger partial charge in [-0.3, -0.25) is 4.99 Å². The Morgan fingerprint density at radius 2 is 2.25 bits per heavy atom. The fourth-order valence-corrected chi connectivity index (χ4v) is 0.480. The van der Waals surface area contributed by atoms with Gasteiger partial charge in [0.1, 0.15) is 5.84 Å². The van der Waals surface area contributed by atoms with Crippen LogP contribution in [0.3, 0.4) is 0 Å². The third-order valence-electron chi connectivity index (χ3n) is 0.954. The molecule has 1 aliphatic heterocycles. The van der Waals surface area contributed by atoms with Gasteiger partial charge in [0, 0.05) is 5.57 Å². The van der Waals surface area contributed by atoms with Crippen LogP contribution in [-0.2, 0) is 0 Å². The molecule has 0 atom stereocenters. The van der Waals surface area contributed by atoms with Crippen LogP contribution >= 0.6 is 0 Å². The molecule has 0 fully saturated rings. The maximum Gasteiger partial charge on any atom is 0.130 e. The first-order valence-corrected chi connectivity index (χ1v) is 2.59. The van der Waals surface area contributed by atoms with Gasteiger partial charge in [-0.1, -0.05) is 0 Å². The van der Waals surface area contributed by atoms with Gasteiger partial charge in [0.15, 0.2) is 0 Å². The van der Waals surface area contributed by atoms with Gasteiger partial charge in [-0.25, -0.2) is 0 Å². The second kappa shape index (κ2) is 1.93. The largest absolute Gasteiger partial charge is 0.265 e. The molecular formula is C6H8N2. The molecule has 0 aromatic rings. The summed E-state index contributed by atoms with van der Waals surface area (Å²) in [5.74, 6) is 3.67. The van der Waals surface area contributed by atoms with Gasteiger partial charge in [-0.15, -0.1) is 0 Å². The number of hydrogen-bond acceptors (Lipinski definition) is 2. The minimum atomic E-state index is 0.773. The number of rotatable bonds is 0. The van der Waals surface area contributed by atoms with Gasteiger partial charge >= 0.3 is 0 Å². The Morgan fingerprint density at radius 3 is 2.62 bits per heavy atom. The molecule has 2 nitrogen and oxygen atoms in total. The van der Waals surface area contributed by atoms with Crippen LogP contribution < -0.4 is 0 Å². The van der Waals surface area contributed by atoms with E-state index in [9.17, 15) is 0 Å². The standard InChI is InChI=1S/C6H8N2/c1-5-3-7-6(2)8-4-5/h3H2,1-2H3. The van der Waals surface area contributed by atoms with Gasteiger partial charge in [0.05, 0.1) is 6.54 Å². The molecular weight excluding hydrogens is 100 g/mol. The number of hydrogen-bond donors (Lipinski definition) is 0. The van der Waals surface area contributed by atoms with Crippen LogP contribution in [0.4, 0.5) is 0 Å². The van der Waals surface area contributed by atoms with Crippen molar-refractivity contribution in [1.82, 2.24) is 0 Å². The third kappa shape index (κ3) is 1.04. The Bertz CT molecular complexity index is 183. The molecule has 0 amide bonds. The van der Waals surface area contributed by atoms with Crippen molar-refractivity contribution < 1.29 is 0 Å². The molecule has 1 heterocycles. The Hall–Kier alpha value is -0.880. The fraction of sp³-hybridized carbons (Fsp3) is 0.500. The molecule has 0 N–H and O–H groups in total. The van der Waals surface area contributed by atoms with E-state index in [-0.39, 0.29) is 0 Å². The quantitative estimate of drug-likeness (QED) is 0.443. The van der Waals surface area contributed by atoms with Crippen molar-refractivity contribution in [3.8, 4) is 0 Å². The lowest BCUT2D eigenvalue weighted by molar-refractivity contribution is 1.13. The molecule has 42 valence electrons. The summed E-state index contributed by atoms with van der Waals surface area (Å²) in [4.78, 5) is 7.94. The van der Waals surface area contributed by atoms with E-state index < -0.39 is 0 Å². The SMILES string of the molecule is CC1=C=NC(C)=NC1. The molecule has 0 saturated carbocycles. The first kappa shape index (κ1) is 5.26. The Kier molecular flexibility index (Phi) is 1.27. The zero-order chi connectivity index (χ0) is 5.98. The molecule has 0 aromatic heterocycles. The summed E-state index contributed by atoms with van der Waals surface area (Å²) in [6.07, 6.45) is 0. The lowest BCUT2D eigenvalue weighted by Crippen LogP contribution is -1.96. The normalized spacial score (nSPS) is 17.8. The molecule has 2 heteroatoms. The molecule has 0 aliphatic carbocycles. The number of aliphatic imine (C=N–C) groups is 2. The van der Waals surface area contributed by atoms with E-state index in [1.165, 1.54) is 0 Å². The lowest BCUT2D eigenvalue weighted by Gasteiger charge is -1.95. The molecule has 0 unspecified atom stereocenters. The molecule has 0 aromatic carbocycles. The van der Waals surface area contributed by atoms with E-state index >= 15 is 0 Å². The average molecular weight is 108 g/mol. The van der Waals surface area contributed by atoms with Crippen LogP contribution in [0.1, 0.15) is 13.8 Å². The van der Waals surface area contributed by atoms with E-state index in [1.54, 1.807) is 0 Å². The Labute approximate surface area is 48.7 Å². The highest BCUT2D eigenvalue weighted by molar-refractivity contribution is 5.88. The monoisotopic (exact) mass is 108 g/mol. The lowest BCUT2D eigenvalue weighted by atomic mass is 10.3. The van der Waals surface area contributed by atoms with Crippen LogP contribution in [0.5, 0.6) is 0 Å². The summed E-state index contributed by atoms with van der Waals surface area (Å²) >= 11 is 0. The van der Waals surface area contributed by atoms with Crippen molar-refractivity contribution in [3.05, 3.63) is 5.57 Å². The third-order valence-corrected chi connectivity index (χ3v) is 0.954. The maximum absolute atomic E-state index is 4.06. The van der Waals surface area contributed by atoms with E-state index in [2.05, 4.69) is 15.9 Å². The van der Waals surface area contributed by atoms with Gasteiger partial charge in [0.25, 0.3) is 0 Å². The van der Waals surface area contributed by atoms with Gasteiger partial charge < -0.3 is 0 Å². The first-order valence-electron chi connectivity index (χ1n) is 2.59. The van der Waals surface area contributed by atoms with E-state index in [0.717, 1.165) is 18.0 Å². The highest BCUT2D eigenvalue weighted by Gasteiger charge is 1.91. The summed E-state index contributed by atoms with van der Waals surface area (Å²) in [5, 5.41) is 0. The minimum absolute atomic E-state index is 0.773. The first-order chi connectivity index (χ1) is 3.79. The molecule has 1 aliphatic rings. The highest BCUT2D eigenvalue weighted by atomic mass is 14.9. The van der Waals surface area contributed by atoms with Crippen LogP contribution in [0.25, 0.3) is 0 Å². The Balaban J connectivity index is 2.86. The highest BCUT2D eigenvalue weighted by Crippen LogP contribution is 1.93. The summed E-state index contributed by atoms with van der Waals surface area (Å²) in [6, 6.07) is 0. The molecule has 0 spiro atoms. The van der Waals surface area contributed by atoms with Crippen molar-refractivity contribution in [2.45, 2.75) is 13.8 Å². The van der Waals surface area contributed by atoms with Crippen LogP contribution in [0, 0.1) is 0 Å². The molecule has 1 rings (SSSR count). The summed E-state index contributed by atoms with van der Waals surface area (Å²) in [6.45, 7) is 4.62. The topological polar surface area (TPSA) is 24.7 Å². The Morgan fingerprint density at radius 1 is 1.50 bits per heavy atom. The van der Waals surface area contributed by atoms with Crippen molar-refractivity contribution in [2.24, 2.45) is 9.98 Å². The van der Waals surface area contributed by atoms with Crippen molar-refractivity contribution in [3.63, 3.8) is 0 Å². The molecule has 8 heavy (non-hydrogen) atoms. The average Bonchev–Trinajstić information content (AvgIpc) is 1.77. The van der Waals surface area contributed by atoms with Crippen LogP contribution in [0.2, 0.25) is 0 Å². The van der Waals surface area contributed by atoms with Crippen molar-refractivity contribution in [1.29, 1.82) is 0 Å². The van der Waals surface area contributed by atoms with E-state index in [4.69, 9.17) is 0 Å². The predicted molar refractivity (Wildman–Crippen MR) is 34.6 cm³/mol. The number of amidine groups is 1. The molecule has 0 saturated heterocycles. The molecule has 0 radical (unpaired) electrons. The maximum atomic E-state index is 4.06. The van der Waals surface area contributed by atoms with Crippen molar-refractivity contribution in [2.75, 3.05) is 6.54 Å². The molecule has 0 bridgehead atoms. The van der Waals surface area contributed by atoms with Crippen LogP contribution in [0.15, 0.2) is 15.6 Å².